The number of ether oxygens (including phenoxy) is 1. The number of nitrogens with zero attached hydrogens (tertiary/aromatic N) is 1. The summed E-state index contributed by atoms with van der Waals surface area (Å²) in [6.07, 6.45) is 0. The monoisotopic (exact) mass is 460 g/mol. The molecule has 0 spiro atoms. The molecule has 2 aromatic carbocycles. The number of aromatic carboxylic acids is 1. The summed E-state index contributed by atoms with van der Waals surface area (Å²) in [4.78, 5) is 40.2. The summed E-state index contributed by atoms with van der Waals surface area (Å²) in [5.74, 6) is -0.980. The number of carbonyl (C=O) groups excluding carboxylic acids is 1. The summed E-state index contributed by atoms with van der Waals surface area (Å²) < 4.78 is 6.13. The van der Waals surface area contributed by atoms with Crippen molar-refractivity contribution >= 4 is 61.6 Å². The number of carboxylic acid groups (broad SMARTS) is 1. The number of benzene rings is 2. The number of carbonyl (C=O) groups is 2. The van der Waals surface area contributed by atoms with Crippen LogP contribution in [0.25, 0.3) is 20.3 Å². The number of aromatic nitrogens is 2. The zero-order valence-corrected chi connectivity index (χ0v) is 17.5. The van der Waals surface area contributed by atoms with E-state index in [-0.39, 0.29) is 30.7 Å². The maximum Gasteiger partial charge on any atom is 0.372 e. The second-order valence-electron chi connectivity index (χ2n) is 6.37. The Bertz CT molecular complexity index is 1350. The van der Waals surface area contributed by atoms with Crippen LogP contribution in [0.1, 0.15) is 16.2 Å². The number of fused-ring (bicyclic) bond motifs is 4. The Labute approximate surface area is 185 Å². The van der Waals surface area contributed by atoms with Crippen LogP contribution in [0.5, 0.6) is 5.75 Å². The van der Waals surface area contributed by atoms with Crippen molar-refractivity contribution in [3.8, 4) is 5.75 Å². The fourth-order valence-electron chi connectivity index (χ4n) is 2.98. The zero-order valence-electron chi connectivity index (χ0n) is 15.9. The first-order valence-electron chi connectivity index (χ1n) is 8.86. The van der Waals surface area contributed by atoms with Crippen LogP contribution in [0, 0.1) is 0 Å². The van der Waals surface area contributed by atoms with Gasteiger partial charge in [-0.2, -0.15) is 0 Å². The fourth-order valence-corrected chi connectivity index (χ4v) is 4.05. The van der Waals surface area contributed by atoms with Crippen molar-refractivity contribution in [3.63, 3.8) is 0 Å². The van der Waals surface area contributed by atoms with E-state index in [4.69, 9.17) is 15.6 Å². The first-order valence-corrected chi connectivity index (χ1v) is 9.68. The summed E-state index contributed by atoms with van der Waals surface area (Å²) in [5.41, 5.74) is 6.77. The smallest absolute Gasteiger partial charge is 0.372 e. The van der Waals surface area contributed by atoms with Gasteiger partial charge >= 0.3 is 5.97 Å². The van der Waals surface area contributed by atoms with Crippen molar-refractivity contribution in [3.05, 3.63) is 64.2 Å². The lowest BCUT2D eigenvalue weighted by atomic mass is 10.2. The van der Waals surface area contributed by atoms with E-state index in [1.54, 1.807) is 6.07 Å². The molecule has 3 heterocycles. The van der Waals surface area contributed by atoms with Crippen LogP contribution in [-0.2, 0) is 11.3 Å². The van der Waals surface area contributed by atoms with Gasteiger partial charge in [0, 0.05) is 16.6 Å². The molecule has 1 aliphatic heterocycles. The average Bonchev–Trinajstić information content (AvgIpc) is 3.12. The van der Waals surface area contributed by atoms with Gasteiger partial charge in [0.25, 0.3) is 11.5 Å². The van der Waals surface area contributed by atoms with Crippen LogP contribution in [0.3, 0.4) is 0 Å². The van der Waals surface area contributed by atoms with Crippen molar-refractivity contribution in [2.45, 2.75) is 6.54 Å². The summed E-state index contributed by atoms with van der Waals surface area (Å²) in [6.45, 7) is 0.561. The van der Waals surface area contributed by atoms with Gasteiger partial charge in [-0.3, -0.25) is 9.59 Å². The van der Waals surface area contributed by atoms with Crippen LogP contribution < -0.4 is 21.3 Å². The van der Waals surface area contributed by atoms with Crippen LogP contribution in [-0.4, -0.2) is 33.6 Å². The molecule has 0 fully saturated rings. The molecule has 11 heteroatoms. The standard InChI is InChI=1S/C11H6N2O3S.C9H10N2O2.ClH/c14-9-7-5-3-1-2-4-6(5)17-10(7)13-8(12-9)11(15)16;10-4-6-1-2-7-8(3-6)13-5-9(12)11-7;/h1-4H,(H,15,16)(H,12,13,14);1-3H,4-5,10H2,(H,11,12);1H. The first-order chi connectivity index (χ1) is 14.5. The Balaban J connectivity index is 0.000000176. The number of nitrogens with two attached hydrogens (primary N) is 1. The molecule has 4 aromatic rings. The van der Waals surface area contributed by atoms with E-state index in [9.17, 15) is 14.4 Å². The Morgan fingerprint density at radius 3 is 2.74 bits per heavy atom. The average molecular weight is 461 g/mol. The second-order valence-corrected chi connectivity index (χ2v) is 7.40. The summed E-state index contributed by atoms with van der Waals surface area (Å²) in [6, 6.07) is 12.9. The normalized spacial score (nSPS) is 12.1. The number of aromatic amines is 1. The van der Waals surface area contributed by atoms with E-state index in [0.717, 1.165) is 15.6 Å². The molecular weight excluding hydrogens is 444 g/mol. The third-order valence-electron chi connectivity index (χ3n) is 4.37. The lowest BCUT2D eigenvalue weighted by Crippen LogP contribution is -2.25. The van der Waals surface area contributed by atoms with Crippen LogP contribution in [0.15, 0.2) is 47.3 Å². The number of halogens is 1. The van der Waals surface area contributed by atoms with E-state index in [0.29, 0.717) is 28.2 Å². The van der Waals surface area contributed by atoms with E-state index >= 15 is 0 Å². The van der Waals surface area contributed by atoms with Gasteiger partial charge in [-0.15, -0.1) is 23.7 Å². The van der Waals surface area contributed by atoms with E-state index in [1.807, 2.05) is 36.4 Å². The quantitative estimate of drug-likeness (QED) is 0.359. The lowest BCUT2D eigenvalue weighted by Gasteiger charge is -2.18. The molecule has 31 heavy (non-hydrogen) atoms. The Morgan fingerprint density at radius 1 is 1.23 bits per heavy atom. The van der Waals surface area contributed by atoms with Crippen LogP contribution in [0.2, 0.25) is 0 Å². The van der Waals surface area contributed by atoms with E-state index in [2.05, 4.69) is 15.3 Å². The van der Waals surface area contributed by atoms with Gasteiger partial charge in [0.1, 0.15) is 10.6 Å². The molecule has 160 valence electrons. The first kappa shape index (κ1) is 22.2. The maximum atomic E-state index is 11.8. The van der Waals surface area contributed by atoms with Crippen LogP contribution in [0.4, 0.5) is 5.69 Å². The molecule has 0 saturated heterocycles. The number of H-pyrrole nitrogens is 1. The van der Waals surface area contributed by atoms with Gasteiger partial charge in [0.15, 0.2) is 6.61 Å². The van der Waals surface area contributed by atoms with Crippen molar-refractivity contribution in [2.24, 2.45) is 5.73 Å². The summed E-state index contributed by atoms with van der Waals surface area (Å²) >= 11 is 1.31. The molecule has 9 nitrogen and oxygen atoms in total. The lowest BCUT2D eigenvalue weighted by molar-refractivity contribution is -0.118. The van der Waals surface area contributed by atoms with Crippen molar-refractivity contribution in [1.29, 1.82) is 0 Å². The van der Waals surface area contributed by atoms with Crippen molar-refractivity contribution in [1.82, 2.24) is 9.97 Å². The SMILES string of the molecule is Cl.NCc1ccc2c(c1)OCC(=O)N2.O=C(O)c1nc2sc3ccccc3c2c(=O)[nH]1. The Hall–Kier alpha value is -3.47. The summed E-state index contributed by atoms with van der Waals surface area (Å²) in [7, 11) is 0. The number of thiophene rings is 1. The topological polar surface area (TPSA) is 147 Å². The molecular formula is C20H17ClN4O5S. The molecule has 0 bridgehead atoms. The predicted molar refractivity (Wildman–Crippen MR) is 120 cm³/mol. The predicted octanol–water partition coefficient (Wildman–Crippen LogP) is 2.73. The molecule has 5 N–H and O–H groups in total. The number of rotatable bonds is 2. The van der Waals surface area contributed by atoms with Crippen molar-refractivity contribution < 1.29 is 19.4 Å². The third-order valence-corrected chi connectivity index (χ3v) is 5.43. The van der Waals surface area contributed by atoms with Crippen molar-refractivity contribution in [2.75, 3.05) is 11.9 Å². The minimum Gasteiger partial charge on any atom is -0.482 e. The fraction of sp³-hybridized carbons (Fsp3) is 0.100. The van der Waals surface area contributed by atoms with Gasteiger partial charge in [-0.1, -0.05) is 24.3 Å². The number of amides is 1. The summed E-state index contributed by atoms with van der Waals surface area (Å²) in [5, 5.41) is 12.8. The number of nitrogens with one attached hydrogen (secondary N) is 2. The highest BCUT2D eigenvalue weighted by atomic mass is 35.5. The molecule has 0 atom stereocenters. The Kier molecular flexibility index (Phi) is 6.54. The maximum absolute atomic E-state index is 11.8. The second kappa shape index (κ2) is 9.13. The van der Waals surface area contributed by atoms with E-state index < -0.39 is 11.5 Å². The molecule has 5 rings (SSSR count). The minimum absolute atomic E-state index is 0. The van der Waals surface area contributed by atoms with Gasteiger partial charge in [-0.25, -0.2) is 9.78 Å². The Morgan fingerprint density at radius 2 is 2.00 bits per heavy atom. The molecule has 1 amide bonds. The third kappa shape index (κ3) is 4.50. The largest absolute Gasteiger partial charge is 0.482 e. The zero-order chi connectivity index (χ0) is 21.3. The highest BCUT2D eigenvalue weighted by Gasteiger charge is 2.15. The molecule has 0 unspecified atom stereocenters. The molecule has 0 aliphatic carbocycles. The highest BCUT2D eigenvalue weighted by Crippen LogP contribution is 2.30. The van der Waals surface area contributed by atoms with Crippen LogP contribution >= 0.6 is 23.7 Å². The molecule has 1 aliphatic rings. The number of anilines is 1. The van der Waals surface area contributed by atoms with Gasteiger partial charge in [-0.05, 0) is 23.8 Å². The number of hydrogen-bond donors (Lipinski definition) is 4. The minimum atomic E-state index is -1.23. The number of hydrogen-bond acceptors (Lipinski definition) is 7. The molecule has 0 radical (unpaired) electrons. The highest BCUT2D eigenvalue weighted by molar-refractivity contribution is 7.25. The number of carboxylic acids is 1. The molecule has 0 saturated carbocycles. The molecule has 2 aromatic heterocycles. The van der Waals surface area contributed by atoms with Gasteiger partial charge in [0.05, 0.1) is 11.1 Å². The van der Waals surface area contributed by atoms with E-state index in [1.165, 1.54) is 11.3 Å². The van der Waals surface area contributed by atoms with Gasteiger partial charge < -0.3 is 25.9 Å². The van der Waals surface area contributed by atoms with Gasteiger partial charge in [0.2, 0.25) is 5.82 Å².